The Morgan fingerprint density at radius 1 is 1.17 bits per heavy atom. The van der Waals surface area contributed by atoms with E-state index in [2.05, 4.69) is 65.7 Å². The van der Waals surface area contributed by atoms with E-state index in [-0.39, 0.29) is 0 Å². The van der Waals surface area contributed by atoms with Gasteiger partial charge in [0.25, 0.3) is 0 Å². The maximum Gasteiger partial charge on any atom is 0.119 e. The highest BCUT2D eigenvalue weighted by Gasteiger charge is 2.23. The summed E-state index contributed by atoms with van der Waals surface area (Å²) in [5, 5.41) is 3.76. The second-order valence-corrected chi connectivity index (χ2v) is 6.37. The Balaban J connectivity index is 1.53. The molecular weight excluding hydrogens is 284 g/mol. The summed E-state index contributed by atoms with van der Waals surface area (Å²) in [6.45, 7) is 5.56. The molecule has 1 aliphatic rings. The van der Waals surface area contributed by atoms with Gasteiger partial charge in [0, 0.05) is 31.7 Å². The molecule has 0 amide bonds. The van der Waals surface area contributed by atoms with Crippen LogP contribution in [0.1, 0.15) is 30.5 Å². The van der Waals surface area contributed by atoms with Crippen LogP contribution in [0.15, 0.2) is 54.6 Å². The van der Waals surface area contributed by atoms with Gasteiger partial charge in [-0.25, -0.2) is 0 Å². The summed E-state index contributed by atoms with van der Waals surface area (Å²) in [5.41, 5.74) is 2.68. The van der Waals surface area contributed by atoms with E-state index in [1.807, 2.05) is 6.07 Å². The molecule has 1 heterocycles. The summed E-state index contributed by atoms with van der Waals surface area (Å²) >= 11 is 0. The average Bonchev–Trinajstić information content (AvgIpc) is 3.02. The highest BCUT2D eigenvalue weighted by Crippen LogP contribution is 2.21. The number of rotatable bonds is 6. The first-order valence-electron chi connectivity index (χ1n) is 8.41. The number of ether oxygens (including phenoxy) is 1. The Bertz CT molecular complexity index is 614. The van der Waals surface area contributed by atoms with Crippen LogP contribution in [-0.4, -0.2) is 31.1 Å². The first-order valence-corrected chi connectivity index (χ1v) is 8.41. The van der Waals surface area contributed by atoms with E-state index in [0.29, 0.717) is 12.1 Å². The van der Waals surface area contributed by atoms with Crippen LogP contribution in [0.25, 0.3) is 0 Å². The average molecular weight is 310 g/mol. The predicted octanol–water partition coefficient (Wildman–Crippen LogP) is 3.62. The topological polar surface area (TPSA) is 24.5 Å². The standard InChI is InChI=1S/C20H26N2O/c1-16(18-9-6-10-20(13-18)23-2)21-19-11-12-22(15-19)14-17-7-4-3-5-8-17/h3-10,13,16,19,21H,11-12,14-15H2,1-2H3/t16-,19-/m1/s1. The van der Waals surface area contributed by atoms with Crippen LogP contribution in [0.2, 0.25) is 0 Å². The quantitative estimate of drug-likeness (QED) is 0.882. The van der Waals surface area contributed by atoms with E-state index < -0.39 is 0 Å². The fraction of sp³-hybridized carbons (Fsp3) is 0.400. The largest absolute Gasteiger partial charge is 0.497 e. The van der Waals surface area contributed by atoms with Crippen LogP contribution in [-0.2, 0) is 6.54 Å². The maximum atomic E-state index is 5.32. The Morgan fingerprint density at radius 2 is 2.00 bits per heavy atom. The fourth-order valence-corrected chi connectivity index (χ4v) is 3.31. The second-order valence-electron chi connectivity index (χ2n) is 6.37. The molecule has 3 nitrogen and oxygen atoms in total. The Labute approximate surface area is 139 Å². The van der Waals surface area contributed by atoms with Crippen molar-refractivity contribution in [2.75, 3.05) is 20.2 Å². The molecular formula is C20H26N2O. The molecule has 0 aromatic heterocycles. The molecule has 122 valence electrons. The lowest BCUT2D eigenvalue weighted by molar-refractivity contribution is 0.316. The molecule has 1 N–H and O–H groups in total. The smallest absolute Gasteiger partial charge is 0.119 e. The summed E-state index contributed by atoms with van der Waals surface area (Å²) in [7, 11) is 1.72. The van der Waals surface area contributed by atoms with Gasteiger partial charge in [-0.3, -0.25) is 4.90 Å². The van der Waals surface area contributed by atoms with Crippen LogP contribution < -0.4 is 10.1 Å². The zero-order valence-corrected chi connectivity index (χ0v) is 14.0. The summed E-state index contributed by atoms with van der Waals surface area (Å²) in [4.78, 5) is 2.53. The van der Waals surface area contributed by atoms with Crippen molar-refractivity contribution in [1.29, 1.82) is 0 Å². The van der Waals surface area contributed by atoms with Crippen molar-refractivity contribution in [3.63, 3.8) is 0 Å². The molecule has 3 heteroatoms. The summed E-state index contributed by atoms with van der Waals surface area (Å²) < 4.78 is 5.32. The first-order chi connectivity index (χ1) is 11.2. The molecule has 0 saturated carbocycles. The third-order valence-electron chi connectivity index (χ3n) is 4.60. The number of hydrogen-bond donors (Lipinski definition) is 1. The van der Waals surface area contributed by atoms with Crippen molar-refractivity contribution in [1.82, 2.24) is 10.2 Å². The van der Waals surface area contributed by atoms with Gasteiger partial charge in [-0.1, -0.05) is 42.5 Å². The van der Waals surface area contributed by atoms with Gasteiger partial charge in [0.2, 0.25) is 0 Å². The molecule has 2 atom stereocenters. The maximum absolute atomic E-state index is 5.32. The molecule has 1 aliphatic heterocycles. The van der Waals surface area contributed by atoms with Crippen molar-refractivity contribution >= 4 is 0 Å². The number of hydrogen-bond acceptors (Lipinski definition) is 3. The molecule has 1 saturated heterocycles. The van der Waals surface area contributed by atoms with Crippen molar-refractivity contribution in [3.8, 4) is 5.75 Å². The van der Waals surface area contributed by atoms with Crippen LogP contribution >= 0.6 is 0 Å². The third kappa shape index (κ3) is 4.34. The van der Waals surface area contributed by atoms with Gasteiger partial charge in [0.05, 0.1) is 7.11 Å². The zero-order valence-electron chi connectivity index (χ0n) is 14.0. The summed E-state index contributed by atoms with van der Waals surface area (Å²) in [5.74, 6) is 0.924. The number of methoxy groups -OCH3 is 1. The van der Waals surface area contributed by atoms with Gasteiger partial charge in [-0.15, -0.1) is 0 Å². The minimum atomic E-state index is 0.340. The third-order valence-corrected chi connectivity index (χ3v) is 4.60. The van der Waals surface area contributed by atoms with Crippen molar-refractivity contribution in [2.24, 2.45) is 0 Å². The molecule has 2 aromatic rings. The monoisotopic (exact) mass is 310 g/mol. The van der Waals surface area contributed by atoms with Gasteiger partial charge >= 0.3 is 0 Å². The number of nitrogens with one attached hydrogen (secondary N) is 1. The van der Waals surface area contributed by atoms with Crippen molar-refractivity contribution in [3.05, 3.63) is 65.7 Å². The van der Waals surface area contributed by atoms with Crippen LogP contribution in [0, 0.1) is 0 Å². The van der Waals surface area contributed by atoms with E-state index in [9.17, 15) is 0 Å². The van der Waals surface area contributed by atoms with Crippen molar-refractivity contribution < 1.29 is 4.74 Å². The highest BCUT2D eigenvalue weighted by atomic mass is 16.5. The van der Waals surface area contributed by atoms with Crippen LogP contribution in [0.5, 0.6) is 5.75 Å². The molecule has 0 bridgehead atoms. The van der Waals surface area contributed by atoms with Crippen LogP contribution in [0.3, 0.4) is 0 Å². The van der Waals surface area contributed by atoms with Gasteiger partial charge in [-0.05, 0) is 36.6 Å². The van der Waals surface area contributed by atoms with Gasteiger partial charge < -0.3 is 10.1 Å². The molecule has 0 spiro atoms. The molecule has 1 fully saturated rings. The molecule has 3 rings (SSSR count). The fourth-order valence-electron chi connectivity index (χ4n) is 3.31. The zero-order chi connectivity index (χ0) is 16.1. The van der Waals surface area contributed by atoms with E-state index >= 15 is 0 Å². The Morgan fingerprint density at radius 3 is 2.78 bits per heavy atom. The molecule has 23 heavy (non-hydrogen) atoms. The summed E-state index contributed by atoms with van der Waals surface area (Å²) in [6.07, 6.45) is 1.21. The van der Waals surface area contributed by atoms with E-state index in [1.165, 1.54) is 17.5 Å². The van der Waals surface area contributed by atoms with Crippen LogP contribution in [0.4, 0.5) is 0 Å². The minimum Gasteiger partial charge on any atom is -0.497 e. The SMILES string of the molecule is COc1cccc([C@@H](C)N[C@@H]2CCN(Cc3ccccc3)C2)c1. The van der Waals surface area contributed by atoms with Gasteiger partial charge in [0.15, 0.2) is 0 Å². The lowest BCUT2D eigenvalue weighted by Gasteiger charge is -2.21. The number of nitrogens with zero attached hydrogens (tertiary/aromatic N) is 1. The summed E-state index contributed by atoms with van der Waals surface area (Å²) in [6, 6.07) is 20.0. The second kappa shape index (κ2) is 7.62. The molecule has 2 aromatic carbocycles. The number of benzene rings is 2. The Hall–Kier alpha value is -1.84. The van der Waals surface area contributed by atoms with Gasteiger partial charge in [-0.2, -0.15) is 0 Å². The predicted molar refractivity (Wildman–Crippen MR) is 94.7 cm³/mol. The molecule has 0 radical (unpaired) electrons. The number of likely N-dealkylation sites (tertiary alicyclic amines) is 1. The molecule has 0 aliphatic carbocycles. The lowest BCUT2D eigenvalue weighted by atomic mass is 10.1. The normalized spacial score (nSPS) is 19.7. The Kier molecular flexibility index (Phi) is 5.31. The minimum absolute atomic E-state index is 0.340. The van der Waals surface area contributed by atoms with Gasteiger partial charge in [0.1, 0.15) is 5.75 Å². The lowest BCUT2D eigenvalue weighted by Crippen LogP contribution is -2.34. The van der Waals surface area contributed by atoms with E-state index in [4.69, 9.17) is 4.74 Å². The van der Waals surface area contributed by atoms with E-state index in [0.717, 1.165) is 25.4 Å². The molecule has 0 unspecified atom stereocenters. The van der Waals surface area contributed by atoms with Crippen molar-refractivity contribution in [2.45, 2.75) is 32.0 Å². The first kappa shape index (κ1) is 16.0. The highest BCUT2D eigenvalue weighted by molar-refractivity contribution is 5.30. The van der Waals surface area contributed by atoms with E-state index in [1.54, 1.807) is 7.11 Å².